The van der Waals surface area contributed by atoms with Gasteiger partial charge in [0.1, 0.15) is 23.5 Å². The van der Waals surface area contributed by atoms with E-state index in [1.165, 1.54) is 4.90 Å². The number of carbonyl (C=O) groups excluding carboxylic acids is 1. The lowest BCUT2D eigenvalue weighted by molar-refractivity contribution is -0.121. The van der Waals surface area contributed by atoms with Crippen molar-refractivity contribution >= 4 is 40.6 Å². The zero-order valence-electron chi connectivity index (χ0n) is 19.5. The zero-order valence-corrected chi connectivity index (χ0v) is 20.3. The molecule has 0 aliphatic carbocycles. The lowest BCUT2D eigenvalue weighted by Gasteiger charge is -2.26. The molecule has 34 heavy (non-hydrogen) atoms. The smallest absolute Gasteiger partial charge is 0.222 e. The zero-order chi connectivity index (χ0) is 24.7. The van der Waals surface area contributed by atoms with E-state index in [4.69, 9.17) is 37.9 Å². The Kier molecular flexibility index (Phi) is 8.79. The number of halogens is 1. The lowest BCUT2D eigenvalue weighted by atomic mass is 9.99. The molecule has 0 spiro atoms. The minimum atomic E-state index is -0.765. The highest BCUT2D eigenvalue weighted by atomic mass is 35.5. The summed E-state index contributed by atoms with van der Waals surface area (Å²) >= 11 is 6.12. The molecule has 0 saturated heterocycles. The molecular weight excluding hydrogens is 452 g/mol. The molecule has 1 atom stereocenters. The predicted molar refractivity (Wildman–Crippen MR) is 138 cm³/mol. The number of benzene rings is 2. The van der Waals surface area contributed by atoms with Gasteiger partial charge in [0.2, 0.25) is 5.91 Å². The van der Waals surface area contributed by atoms with Gasteiger partial charge in [0.25, 0.3) is 0 Å². The summed E-state index contributed by atoms with van der Waals surface area (Å²) in [6.07, 6.45) is 1.72. The van der Waals surface area contributed by atoms with Crippen LogP contribution in [0.15, 0.2) is 47.5 Å². The normalized spacial score (nSPS) is 15.3. The summed E-state index contributed by atoms with van der Waals surface area (Å²) in [6.45, 7) is 5.10. The number of amides is 1. The molecule has 0 fully saturated rings. The van der Waals surface area contributed by atoms with Gasteiger partial charge in [-0.05, 0) is 63.6 Å². The number of nitrogens with zero attached hydrogens (tertiary/aromatic N) is 2. The van der Waals surface area contributed by atoms with Crippen molar-refractivity contribution in [3.8, 4) is 5.75 Å². The van der Waals surface area contributed by atoms with E-state index in [0.717, 1.165) is 18.4 Å². The van der Waals surface area contributed by atoms with Crippen molar-refractivity contribution in [3.05, 3.63) is 58.6 Å². The number of anilines is 1. The summed E-state index contributed by atoms with van der Waals surface area (Å²) in [5, 5.41) is 20.6. The van der Waals surface area contributed by atoms with Crippen LogP contribution in [0.1, 0.15) is 44.2 Å². The Morgan fingerprint density at radius 1 is 1.24 bits per heavy atom. The van der Waals surface area contributed by atoms with E-state index in [9.17, 15) is 4.79 Å². The van der Waals surface area contributed by atoms with Crippen molar-refractivity contribution in [2.24, 2.45) is 10.7 Å². The van der Waals surface area contributed by atoms with E-state index in [1.807, 2.05) is 37.3 Å². The van der Waals surface area contributed by atoms with Gasteiger partial charge in [-0.3, -0.25) is 25.5 Å². The molecule has 9 heteroatoms. The third kappa shape index (κ3) is 6.01. The second-order valence-electron chi connectivity index (χ2n) is 7.99. The maximum absolute atomic E-state index is 12.4. The predicted octanol–water partition coefficient (Wildman–Crippen LogP) is 3.98. The number of rotatable bonds is 9. The largest absolute Gasteiger partial charge is 0.494 e. The van der Waals surface area contributed by atoms with Gasteiger partial charge in [-0.25, -0.2) is 0 Å². The fourth-order valence-corrected chi connectivity index (χ4v) is 3.90. The number of ether oxygens (including phenoxy) is 1. The Balaban J connectivity index is 2.13. The molecule has 5 N–H and O–H groups in total. The SMILES string of the molecule is CCNC(=O)C[C@@H]1N=C(c2ccc(Cl)cc2)c2cc(OCCCCN)ccc2N(C(C)=N)C1=N. The van der Waals surface area contributed by atoms with Crippen molar-refractivity contribution in [2.45, 2.75) is 39.2 Å². The van der Waals surface area contributed by atoms with Crippen molar-refractivity contribution in [2.75, 3.05) is 24.6 Å². The molecular formula is C25H31ClN6O2. The molecule has 0 unspecified atom stereocenters. The second kappa shape index (κ2) is 11.8. The molecule has 8 nitrogen and oxygen atoms in total. The van der Waals surface area contributed by atoms with Gasteiger partial charge < -0.3 is 15.8 Å². The molecule has 0 saturated carbocycles. The van der Waals surface area contributed by atoms with Crippen LogP contribution in [0, 0.1) is 10.8 Å². The first-order valence-corrected chi connectivity index (χ1v) is 11.7. The van der Waals surface area contributed by atoms with Crippen molar-refractivity contribution in [1.82, 2.24) is 5.32 Å². The summed E-state index contributed by atoms with van der Waals surface area (Å²) < 4.78 is 5.94. The second-order valence-corrected chi connectivity index (χ2v) is 8.42. The topological polar surface area (TPSA) is 128 Å². The maximum atomic E-state index is 12.4. The highest BCUT2D eigenvalue weighted by Crippen LogP contribution is 2.33. The first-order valence-electron chi connectivity index (χ1n) is 11.4. The summed E-state index contributed by atoms with van der Waals surface area (Å²) in [6, 6.07) is 12.1. The van der Waals surface area contributed by atoms with Crippen LogP contribution in [0.25, 0.3) is 0 Å². The molecule has 3 rings (SSSR count). The van der Waals surface area contributed by atoms with E-state index < -0.39 is 6.04 Å². The number of aliphatic imine (C=N–C) groups is 1. The number of carbonyl (C=O) groups is 1. The molecule has 0 aromatic heterocycles. The van der Waals surface area contributed by atoms with Crippen molar-refractivity contribution in [3.63, 3.8) is 0 Å². The molecule has 1 aliphatic heterocycles. The fourth-order valence-electron chi connectivity index (χ4n) is 3.78. The average molecular weight is 483 g/mol. The third-order valence-electron chi connectivity index (χ3n) is 5.38. The van der Waals surface area contributed by atoms with E-state index in [0.29, 0.717) is 47.4 Å². The van der Waals surface area contributed by atoms with Gasteiger partial charge in [-0.2, -0.15) is 0 Å². The number of fused-ring (bicyclic) bond motifs is 1. The Labute approximate surface area is 205 Å². The van der Waals surface area contributed by atoms with Crippen LogP contribution in [-0.4, -0.2) is 49.0 Å². The van der Waals surface area contributed by atoms with Crippen LogP contribution in [0.2, 0.25) is 5.02 Å². The van der Waals surface area contributed by atoms with Crippen molar-refractivity contribution < 1.29 is 9.53 Å². The molecule has 0 radical (unpaired) electrons. The third-order valence-corrected chi connectivity index (χ3v) is 5.63. The van der Waals surface area contributed by atoms with Gasteiger partial charge in [-0.15, -0.1) is 0 Å². The molecule has 180 valence electrons. The van der Waals surface area contributed by atoms with Crippen LogP contribution in [0.3, 0.4) is 0 Å². The minimum absolute atomic E-state index is 0.00395. The van der Waals surface area contributed by atoms with Crippen LogP contribution in [0.4, 0.5) is 5.69 Å². The monoisotopic (exact) mass is 482 g/mol. The molecule has 2 aromatic rings. The number of nitrogens with one attached hydrogen (secondary N) is 3. The summed E-state index contributed by atoms with van der Waals surface area (Å²) in [4.78, 5) is 18.8. The molecule has 1 heterocycles. The minimum Gasteiger partial charge on any atom is -0.494 e. The van der Waals surface area contributed by atoms with Gasteiger partial charge in [0.15, 0.2) is 0 Å². The highest BCUT2D eigenvalue weighted by Gasteiger charge is 2.32. The Morgan fingerprint density at radius 3 is 2.62 bits per heavy atom. The molecule has 1 amide bonds. The van der Waals surface area contributed by atoms with Crippen LogP contribution in [0.5, 0.6) is 5.75 Å². The van der Waals surface area contributed by atoms with E-state index >= 15 is 0 Å². The van der Waals surface area contributed by atoms with E-state index in [-0.39, 0.29) is 24.0 Å². The number of hydrogen-bond acceptors (Lipinski definition) is 6. The van der Waals surface area contributed by atoms with Gasteiger partial charge in [0.05, 0.1) is 24.4 Å². The van der Waals surface area contributed by atoms with Crippen LogP contribution in [-0.2, 0) is 4.79 Å². The summed E-state index contributed by atoms with van der Waals surface area (Å²) in [7, 11) is 0. The summed E-state index contributed by atoms with van der Waals surface area (Å²) in [5.41, 5.74) is 8.34. The number of unbranched alkanes of at least 4 members (excludes halogenated alkanes) is 1. The number of nitrogens with two attached hydrogens (primary N) is 1. The highest BCUT2D eigenvalue weighted by molar-refractivity contribution is 6.31. The van der Waals surface area contributed by atoms with Crippen LogP contribution >= 0.6 is 11.6 Å². The van der Waals surface area contributed by atoms with Gasteiger partial charge in [0, 0.05) is 22.7 Å². The maximum Gasteiger partial charge on any atom is 0.222 e. The first kappa shape index (κ1) is 25.4. The quantitative estimate of drug-likeness (QED) is 0.245. The fraction of sp³-hybridized carbons (Fsp3) is 0.360. The number of hydrogen-bond donors (Lipinski definition) is 4. The molecule has 2 aromatic carbocycles. The van der Waals surface area contributed by atoms with Crippen LogP contribution < -0.4 is 20.7 Å². The Hall–Kier alpha value is -3.23. The van der Waals surface area contributed by atoms with E-state index in [1.54, 1.807) is 19.1 Å². The van der Waals surface area contributed by atoms with Gasteiger partial charge in [-0.1, -0.05) is 23.7 Å². The molecule has 1 aliphatic rings. The standard InChI is InChI=1S/C25H31ClN6O2/c1-3-30-23(33)15-21-25(29)32(16(2)28)22-11-10-19(34-13-5-4-12-27)14-20(22)24(31-21)17-6-8-18(26)9-7-17/h6-11,14,21,28-29H,3-5,12-13,15,27H2,1-2H3,(H,30,33)/t21-/m0/s1. The van der Waals surface area contributed by atoms with Gasteiger partial charge >= 0.3 is 0 Å². The average Bonchev–Trinajstić information content (AvgIpc) is 2.92. The van der Waals surface area contributed by atoms with E-state index in [2.05, 4.69) is 5.32 Å². The molecule has 0 bridgehead atoms. The summed E-state index contributed by atoms with van der Waals surface area (Å²) in [5.74, 6) is 0.694. The number of benzodiazepines with no additional fused rings is 1. The Bertz CT molecular complexity index is 1080. The van der Waals surface area contributed by atoms with Crippen molar-refractivity contribution in [1.29, 1.82) is 10.8 Å². The number of amidine groups is 2. The first-order chi connectivity index (χ1) is 16.3. The Morgan fingerprint density at radius 2 is 1.97 bits per heavy atom. The lowest BCUT2D eigenvalue weighted by Crippen LogP contribution is -2.42.